The number of hydrogen-bond donors (Lipinski definition) is 0. The van der Waals surface area contributed by atoms with Crippen LogP contribution in [0.1, 0.15) is 27.2 Å². The number of Topliss-reactive ketones (excluding diaryl/α,β-unsaturated/α-hetero) is 1. The van der Waals surface area contributed by atoms with Crippen molar-refractivity contribution in [1.29, 1.82) is 0 Å². The molecule has 0 saturated heterocycles. The van der Waals surface area contributed by atoms with Crippen LogP contribution in [0.4, 0.5) is 0 Å². The van der Waals surface area contributed by atoms with Gasteiger partial charge in [0.2, 0.25) is 0 Å². The first-order valence-corrected chi connectivity index (χ1v) is 3.08. The summed E-state index contributed by atoms with van der Waals surface area (Å²) in [5.41, 5.74) is 0.0694. The lowest BCUT2D eigenvalue weighted by Crippen LogP contribution is -2.08. The van der Waals surface area contributed by atoms with Gasteiger partial charge in [0, 0.05) is 5.41 Å². The van der Waals surface area contributed by atoms with Crippen LogP contribution in [0.2, 0.25) is 0 Å². The Bertz CT molecular complexity index is 128. The van der Waals surface area contributed by atoms with Crippen molar-refractivity contribution in [2.75, 3.05) is 0 Å². The van der Waals surface area contributed by atoms with Gasteiger partial charge in [-0.15, -0.1) is 0 Å². The van der Waals surface area contributed by atoms with Gasteiger partial charge in [-0.3, -0.25) is 4.79 Å². The standard InChI is InChI=1S/C7H12O/c1-5-4-7(5,3)6(2)8/h5H,4H2,1-3H3/t5-,7+/m1/s1. The Morgan fingerprint density at radius 3 is 2.12 bits per heavy atom. The van der Waals surface area contributed by atoms with Gasteiger partial charge in [-0.2, -0.15) is 0 Å². The fourth-order valence-corrected chi connectivity index (χ4v) is 1.07. The molecular formula is C7H12O. The largest absolute Gasteiger partial charge is 0.299 e. The van der Waals surface area contributed by atoms with Gasteiger partial charge in [0.15, 0.2) is 0 Å². The Hall–Kier alpha value is -0.330. The summed E-state index contributed by atoms with van der Waals surface area (Å²) in [6, 6.07) is 0. The smallest absolute Gasteiger partial charge is 0.135 e. The first-order valence-electron chi connectivity index (χ1n) is 3.08. The number of carbonyl (C=O) groups excluding carboxylic acids is 1. The van der Waals surface area contributed by atoms with Gasteiger partial charge < -0.3 is 0 Å². The van der Waals surface area contributed by atoms with E-state index in [0.717, 1.165) is 6.42 Å². The van der Waals surface area contributed by atoms with Gasteiger partial charge in [0.05, 0.1) is 0 Å². The van der Waals surface area contributed by atoms with Crippen molar-refractivity contribution in [2.45, 2.75) is 27.2 Å². The molecule has 0 spiro atoms. The molecule has 1 saturated carbocycles. The molecule has 2 atom stereocenters. The number of hydrogen-bond acceptors (Lipinski definition) is 1. The summed E-state index contributed by atoms with van der Waals surface area (Å²) in [7, 11) is 0. The molecule has 0 amide bonds. The quantitative estimate of drug-likeness (QED) is 0.503. The summed E-state index contributed by atoms with van der Waals surface area (Å²) >= 11 is 0. The predicted octanol–water partition coefficient (Wildman–Crippen LogP) is 1.62. The molecule has 0 aromatic rings. The Morgan fingerprint density at radius 2 is 2.12 bits per heavy atom. The molecule has 1 heteroatoms. The summed E-state index contributed by atoms with van der Waals surface area (Å²) in [4.78, 5) is 10.7. The molecular weight excluding hydrogens is 100 g/mol. The first-order chi connectivity index (χ1) is 3.57. The van der Waals surface area contributed by atoms with E-state index in [0.29, 0.717) is 11.7 Å². The summed E-state index contributed by atoms with van der Waals surface area (Å²) < 4.78 is 0. The first kappa shape index (κ1) is 5.80. The molecule has 46 valence electrons. The van der Waals surface area contributed by atoms with Crippen LogP contribution in [0.3, 0.4) is 0 Å². The third-order valence-corrected chi connectivity index (χ3v) is 2.46. The lowest BCUT2D eigenvalue weighted by Gasteiger charge is -2.00. The van der Waals surface area contributed by atoms with Crippen LogP contribution >= 0.6 is 0 Å². The minimum absolute atomic E-state index is 0.0694. The Morgan fingerprint density at radius 1 is 1.75 bits per heavy atom. The maximum atomic E-state index is 10.7. The maximum absolute atomic E-state index is 10.7. The molecule has 8 heavy (non-hydrogen) atoms. The van der Waals surface area contributed by atoms with Crippen LogP contribution in [0.15, 0.2) is 0 Å². The normalized spacial score (nSPS) is 44.1. The van der Waals surface area contributed by atoms with Crippen molar-refractivity contribution in [2.24, 2.45) is 11.3 Å². The highest BCUT2D eigenvalue weighted by atomic mass is 16.1. The molecule has 1 nitrogen and oxygen atoms in total. The second-order valence-electron chi connectivity index (χ2n) is 3.08. The Labute approximate surface area is 50.1 Å². The van der Waals surface area contributed by atoms with E-state index in [1.54, 1.807) is 6.92 Å². The van der Waals surface area contributed by atoms with Crippen molar-refractivity contribution in [1.82, 2.24) is 0 Å². The third-order valence-electron chi connectivity index (χ3n) is 2.46. The van der Waals surface area contributed by atoms with Crippen LogP contribution < -0.4 is 0 Å². The minimum Gasteiger partial charge on any atom is -0.299 e. The molecule has 1 aliphatic carbocycles. The molecule has 0 aromatic heterocycles. The third kappa shape index (κ3) is 0.575. The van der Waals surface area contributed by atoms with E-state index in [1.165, 1.54) is 0 Å². The zero-order valence-corrected chi connectivity index (χ0v) is 5.69. The Kier molecular flexibility index (Phi) is 0.969. The average Bonchev–Trinajstić information content (AvgIpc) is 2.17. The lowest BCUT2D eigenvalue weighted by molar-refractivity contribution is -0.121. The van der Waals surface area contributed by atoms with Crippen LogP contribution in [-0.4, -0.2) is 5.78 Å². The minimum atomic E-state index is 0.0694. The van der Waals surface area contributed by atoms with E-state index in [4.69, 9.17) is 0 Å². The van der Waals surface area contributed by atoms with E-state index < -0.39 is 0 Å². The monoisotopic (exact) mass is 112 g/mol. The second kappa shape index (κ2) is 1.34. The summed E-state index contributed by atoms with van der Waals surface area (Å²) in [6.07, 6.45) is 1.10. The van der Waals surface area contributed by atoms with Crippen molar-refractivity contribution in [3.05, 3.63) is 0 Å². The number of rotatable bonds is 1. The van der Waals surface area contributed by atoms with Gasteiger partial charge >= 0.3 is 0 Å². The van der Waals surface area contributed by atoms with Crippen molar-refractivity contribution < 1.29 is 4.79 Å². The highest BCUT2D eigenvalue weighted by Crippen LogP contribution is 2.52. The van der Waals surface area contributed by atoms with E-state index in [2.05, 4.69) is 6.92 Å². The molecule has 0 N–H and O–H groups in total. The summed E-state index contributed by atoms with van der Waals surface area (Å²) in [5.74, 6) is 0.991. The predicted molar refractivity (Wildman–Crippen MR) is 32.6 cm³/mol. The van der Waals surface area contributed by atoms with Crippen LogP contribution in [0.5, 0.6) is 0 Å². The SMILES string of the molecule is CC(=O)[C@@]1(C)C[C@H]1C. The fraction of sp³-hybridized carbons (Fsp3) is 0.857. The van der Waals surface area contributed by atoms with Gasteiger partial charge in [-0.1, -0.05) is 13.8 Å². The van der Waals surface area contributed by atoms with E-state index in [9.17, 15) is 4.79 Å². The topological polar surface area (TPSA) is 17.1 Å². The van der Waals surface area contributed by atoms with E-state index in [-0.39, 0.29) is 5.41 Å². The van der Waals surface area contributed by atoms with Crippen molar-refractivity contribution in [3.8, 4) is 0 Å². The molecule has 1 fully saturated rings. The fourth-order valence-electron chi connectivity index (χ4n) is 1.07. The van der Waals surface area contributed by atoms with Gasteiger partial charge in [-0.05, 0) is 19.3 Å². The summed E-state index contributed by atoms with van der Waals surface area (Å²) in [6.45, 7) is 5.85. The average molecular weight is 112 g/mol. The highest BCUT2D eigenvalue weighted by Gasteiger charge is 2.50. The summed E-state index contributed by atoms with van der Waals surface area (Å²) in [5, 5.41) is 0. The molecule has 0 aliphatic heterocycles. The van der Waals surface area contributed by atoms with Crippen molar-refractivity contribution >= 4 is 5.78 Å². The molecule has 0 unspecified atom stereocenters. The Balaban J connectivity index is 2.60. The van der Waals surface area contributed by atoms with Crippen LogP contribution in [0.25, 0.3) is 0 Å². The van der Waals surface area contributed by atoms with E-state index in [1.807, 2.05) is 6.92 Å². The molecule has 0 radical (unpaired) electrons. The zero-order valence-electron chi connectivity index (χ0n) is 5.69. The lowest BCUT2D eigenvalue weighted by atomic mass is 10.0. The second-order valence-corrected chi connectivity index (χ2v) is 3.08. The maximum Gasteiger partial charge on any atom is 0.135 e. The van der Waals surface area contributed by atoms with Crippen LogP contribution in [-0.2, 0) is 4.79 Å². The van der Waals surface area contributed by atoms with Crippen molar-refractivity contribution in [3.63, 3.8) is 0 Å². The molecule has 0 aromatic carbocycles. The number of carbonyl (C=O) groups is 1. The molecule has 1 rings (SSSR count). The van der Waals surface area contributed by atoms with E-state index >= 15 is 0 Å². The van der Waals surface area contributed by atoms with Gasteiger partial charge in [0.1, 0.15) is 5.78 Å². The zero-order chi connectivity index (χ0) is 6.36. The van der Waals surface area contributed by atoms with Gasteiger partial charge in [-0.25, -0.2) is 0 Å². The van der Waals surface area contributed by atoms with Crippen LogP contribution in [0, 0.1) is 11.3 Å². The van der Waals surface area contributed by atoms with Gasteiger partial charge in [0.25, 0.3) is 0 Å². The number of ketones is 1. The molecule has 1 aliphatic rings. The molecule has 0 heterocycles. The highest BCUT2D eigenvalue weighted by molar-refractivity contribution is 5.85. The molecule has 0 bridgehead atoms.